The highest BCUT2D eigenvalue weighted by atomic mass is 16.4. The third-order valence-corrected chi connectivity index (χ3v) is 2.62. The van der Waals surface area contributed by atoms with Gasteiger partial charge in [-0.25, -0.2) is 4.79 Å². The van der Waals surface area contributed by atoms with Crippen molar-refractivity contribution in [2.24, 2.45) is 0 Å². The molecule has 16 heavy (non-hydrogen) atoms. The van der Waals surface area contributed by atoms with Gasteiger partial charge in [-0.1, -0.05) is 37.3 Å². The molecule has 1 atom stereocenters. The van der Waals surface area contributed by atoms with Crippen LogP contribution in [0.25, 0.3) is 0 Å². The molecule has 0 unspecified atom stereocenters. The Labute approximate surface area is 95.7 Å². The number of carbonyl (C=O) groups is 1. The second kappa shape index (κ2) is 5.51. The molecule has 1 rings (SSSR count). The molecular formula is C12H18N2O2. The van der Waals surface area contributed by atoms with Gasteiger partial charge in [0.05, 0.1) is 5.66 Å². The Kier molecular flexibility index (Phi) is 4.31. The first kappa shape index (κ1) is 12.5. The first-order valence-electron chi connectivity index (χ1n) is 5.36. The molecule has 88 valence electrons. The summed E-state index contributed by atoms with van der Waals surface area (Å²) in [6, 6.07) is 9.89. The van der Waals surface area contributed by atoms with E-state index in [0.29, 0.717) is 13.0 Å². The number of hydrogen-bond acceptors (Lipinski definition) is 2. The molecular weight excluding hydrogens is 204 g/mol. The van der Waals surface area contributed by atoms with E-state index in [1.54, 1.807) is 0 Å². The fraction of sp³-hybridized carbons (Fsp3) is 0.417. The molecule has 0 saturated heterocycles. The van der Waals surface area contributed by atoms with E-state index in [-0.39, 0.29) is 0 Å². The molecule has 0 aromatic heterocycles. The normalized spacial score (nSPS) is 14.1. The van der Waals surface area contributed by atoms with E-state index >= 15 is 0 Å². The van der Waals surface area contributed by atoms with Crippen molar-refractivity contribution >= 4 is 6.09 Å². The summed E-state index contributed by atoms with van der Waals surface area (Å²) in [5.41, 5.74) is 0.552. The van der Waals surface area contributed by atoms with Crippen LogP contribution in [-0.4, -0.2) is 16.9 Å². The van der Waals surface area contributed by atoms with Gasteiger partial charge in [0, 0.05) is 6.54 Å². The van der Waals surface area contributed by atoms with Gasteiger partial charge in [-0.05, 0) is 18.9 Å². The van der Waals surface area contributed by atoms with Crippen LogP contribution in [0.5, 0.6) is 0 Å². The molecule has 0 saturated carbocycles. The lowest BCUT2D eigenvalue weighted by Gasteiger charge is -2.29. The maximum Gasteiger partial charge on any atom is 0.406 e. The molecule has 0 aliphatic carbocycles. The molecule has 0 fully saturated rings. The number of hydrogen-bond donors (Lipinski definition) is 3. The second-order valence-corrected chi connectivity index (χ2v) is 3.95. The van der Waals surface area contributed by atoms with Gasteiger partial charge in [-0.3, -0.25) is 5.32 Å². The van der Waals surface area contributed by atoms with Gasteiger partial charge in [-0.15, -0.1) is 0 Å². The third kappa shape index (κ3) is 3.90. The van der Waals surface area contributed by atoms with Gasteiger partial charge >= 0.3 is 6.09 Å². The van der Waals surface area contributed by atoms with Gasteiger partial charge in [0.2, 0.25) is 0 Å². The predicted molar refractivity (Wildman–Crippen MR) is 63.1 cm³/mol. The zero-order valence-electron chi connectivity index (χ0n) is 9.66. The number of rotatable bonds is 5. The maximum atomic E-state index is 10.6. The molecule has 1 amide bonds. The first-order chi connectivity index (χ1) is 7.56. The minimum absolute atomic E-state index is 0.582. The van der Waals surface area contributed by atoms with E-state index in [0.717, 1.165) is 5.56 Å². The zero-order valence-corrected chi connectivity index (χ0v) is 9.66. The first-order valence-corrected chi connectivity index (χ1v) is 5.36. The van der Waals surface area contributed by atoms with Gasteiger partial charge < -0.3 is 10.4 Å². The van der Waals surface area contributed by atoms with E-state index in [2.05, 4.69) is 10.6 Å². The summed E-state index contributed by atoms with van der Waals surface area (Å²) in [5, 5.41) is 14.4. The summed E-state index contributed by atoms with van der Waals surface area (Å²) in [5.74, 6) is 0. The molecule has 0 heterocycles. The summed E-state index contributed by atoms with van der Waals surface area (Å²) in [7, 11) is 0. The van der Waals surface area contributed by atoms with E-state index in [1.807, 2.05) is 44.2 Å². The lowest BCUT2D eigenvalue weighted by molar-refractivity contribution is 0.169. The fourth-order valence-electron chi connectivity index (χ4n) is 1.39. The summed E-state index contributed by atoms with van der Waals surface area (Å²) in [4.78, 5) is 10.6. The van der Waals surface area contributed by atoms with Crippen LogP contribution in [-0.2, 0) is 6.54 Å². The number of nitrogens with one attached hydrogen (secondary N) is 2. The van der Waals surface area contributed by atoms with Gasteiger partial charge in [0.25, 0.3) is 0 Å². The summed E-state index contributed by atoms with van der Waals surface area (Å²) < 4.78 is 0. The Hall–Kier alpha value is -1.55. The monoisotopic (exact) mass is 222 g/mol. The molecule has 0 spiro atoms. The highest BCUT2D eigenvalue weighted by Crippen LogP contribution is 2.07. The second-order valence-electron chi connectivity index (χ2n) is 3.95. The zero-order chi connectivity index (χ0) is 12.0. The Balaban J connectivity index is 2.54. The van der Waals surface area contributed by atoms with Crippen molar-refractivity contribution < 1.29 is 9.90 Å². The molecule has 4 heteroatoms. The molecule has 0 radical (unpaired) electrons. The largest absolute Gasteiger partial charge is 0.465 e. The molecule has 3 N–H and O–H groups in total. The van der Waals surface area contributed by atoms with Crippen molar-refractivity contribution in [1.82, 2.24) is 10.6 Å². The lowest BCUT2D eigenvalue weighted by Crippen LogP contribution is -2.55. The topological polar surface area (TPSA) is 61.4 Å². The highest BCUT2D eigenvalue weighted by Gasteiger charge is 2.22. The van der Waals surface area contributed by atoms with Crippen LogP contribution in [0.4, 0.5) is 4.79 Å². The van der Waals surface area contributed by atoms with Crippen LogP contribution in [0.1, 0.15) is 25.8 Å². The summed E-state index contributed by atoms with van der Waals surface area (Å²) in [6.45, 7) is 4.42. The maximum absolute atomic E-state index is 10.6. The van der Waals surface area contributed by atoms with E-state index in [1.165, 1.54) is 0 Å². The average molecular weight is 222 g/mol. The van der Waals surface area contributed by atoms with Crippen LogP contribution in [0.2, 0.25) is 0 Å². The Morgan fingerprint density at radius 1 is 1.38 bits per heavy atom. The fourth-order valence-corrected chi connectivity index (χ4v) is 1.39. The minimum atomic E-state index is -1.01. The van der Waals surface area contributed by atoms with Crippen molar-refractivity contribution in [2.45, 2.75) is 32.5 Å². The molecule has 1 aromatic rings. The standard InChI is InChI=1S/C12H18N2O2/c1-3-12(2,14-11(15)16)13-9-10-7-5-4-6-8-10/h4-8,13-14H,3,9H2,1-2H3,(H,15,16)/t12-/m1/s1. The molecule has 4 nitrogen and oxygen atoms in total. The van der Waals surface area contributed by atoms with E-state index in [9.17, 15) is 4.79 Å². The van der Waals surface area contributed by atoms with Crippen LogP contribution in [0, 0.1) is 0 Å². The number of amides is 1. The van der Waals surface area contributed by atoms with Crippen molar-refractivity contribution in [3.63, 3.8) is 0 Å². The predicted octanol–water partition coefficient (Wildman–Crippen LogP) is 2.17. The van der Waals surface area contributed by atoms with Crippen molar-refractivity contribution in [3.05, 3.63) is 35.9 Å². The SMILES string of the molecule is CC[C@](C)(NCc1ccccc1)NC(=O)O. The van der Waals surface area contributed by atoms with Crippen molar-refractivity contribution in [2.75, 3.05) is 0 Å². The molecule has 0 aliphatic heterocycles. The quantitative estimate of drug-likeness (QED) is 0.669. The van der Waals surface area contributed by atoms with Crippen LogP contribution >= 0.6 is 0 Å². The molecule has 0 aliphatic rings. The lowest BCUT2D eigenvalue weighted by atomic mass is 10.1. The molecule has 0 bridgehead atoms. The average Bonchev–Trinajstić information content (AvgIpc) is 2.27. The Morgan fingerprint density at radius 3 is 2.50 bits per heavy atom. The van der Waals surface area contributed by atoms with Crippen LogP contribution < -0.4 is 10.6 Å². The third-order valence-electron chi connectivity index (χ3n) is 2.62. The van der Waals surface area contributed by atoms with Crippen LogP contribution in [0.3, 0.4) is 0 Å². The van der Waals surface area contributed by atoms with Crippen LogP contribution in [0.15, 0.2) is 30.3 Å². The highest BCUT2D eigenvalue weighted by molar-refractivity contribution is 5.65. The van der Waals surface area contributed by atoms with E-state index in [4.69, 9.17) is 5.11 Å². The smallest absolute Gasteiger partial charge is 0.406 e. The van der Waals surface area contributed by atoms with Gasteiger partial charge in [0.15, 0.2) is 0 Å². The van der Waals surface area contributed by atoms with Crippen molar-refractivity contribution in [1.29, 1.82) is 0 Å². The number of carboxylic acid groups (broad SMARTS) is 1. The molecule has 1 aromatic carbocycles. The van der Waals surface area contributed by atoms with Gasteiger partial charge in [-0.2, -0.15) is 0 Å². The van der Waals surface area contributed by atoms with Gasteiger partial charge in [0.1, 0.15) is 0 Å². The number of benzene rings is 1. The minimum Gasteiger partial charge on any atom is -0.465 e. The summed E-state index contributed by atoms with van der Waals surface area (Å²) >= 11 is 0. The van der Waals surface area contributed by atoms with E-state index < -0.39 is 11.8 Å². The Bertz CT molecular complexity index is 340. The Morgan fingerprint density at radius 2 is 2.00 bits per heavy atom. The summed E-state index contributed by atoms with van der Waals surface area (Å²) in [6.07, 6.45) is -0.323. The van der Waals surface area contributed by atoms with Crippen molar-refractivity contribution in [3.8, 4) is 0 Å².